The van der Waals surface area contributed by atoms with Crippen molar-refractivity contribution in [2.24, 2.45) is 13.0 Å². The van der Waals surface area contributed by atoms with Crippen LogP contribution in [0.3, 0.4) is 0 Å². The molecule has 0 atom stereocenters. The molecule has 2 saturated heterocycles. The fraction of sp³-hybridized carbons (Fsp3) is 0.394. The summed E-state index contributed by atoms with van der Waals surface area (Å²) >= 11 is 6.51. The number of carbonyl (C=O) groups is 3. The number of aromatic amines is 1. The Morgan fingerprint density at radius 3 is 2.30 bits per heavy atom. The molecule has 0 spiro atoms. The number of anilines is 2. The number of nitrogen functional groups attached to an aromatic ring is 1. The molecule has 1 aromatic carbocycles. The second-order valence-corrected chi connectivity index (χ2v) is 13.7. The summed E-state index contributed by atoms with van der Waals surface area (Å²) in [7, 11) is 5.75. The van der Waals surface area contributed by atoms with Crippen molar-refractivity contribution in [3.05, 3.63) is 64.8 Å². The molecule has 3 amide bonds. The van der Waals surface area contributed by atoms with E-state index in [-0.39, 0.29) is 62.5 Å². The maximum absolute atomic E-state index is 14.0. The fourth-order valence-electron chi connectivity index (χ4n) is 6.41. The van der Waals surface area contributed by atoms with E-state index in [9.17, 15) is 27.6 Å². The highest BCUT2D eigenvalue weighted by Gasteiger charge is 2.40. The summed E-state index contributed by atoms with van der Waals surface area (Å²) in [5.41, 5.74) is 5.03. The van der Waals surface area contributed by atoms with E-state index in [1.165, 1.54) is 48.1 Å². The molecule has 2 aliphatic rings. The molecular weight excluding hydrogens is 677 g/mol. The molecule has 17 heteroatoms. The second-order valence-electron chi connectivity index (χ2n) is 13.2. The van der Waals surface area contributed by atoms with E-state index in [1.54, 1.807) is 4.90 Å². The first-order valence-corrected chi connectivity index (χ1v) is 16.4. The van der Waals surface area contributed by atoms with Crippen LogP contribution in [0, 0.1) is 5.92 Å². The number of halogens is 4. The van der Waals surface area contributed by atoms with Crippen molar-refractivity contribution in [3.63, 3.8) is 0 Å². The fourth-order valence-corrected chi connectivity index (χ4v) is 6.67. The highest BCUT2D eigenvalue weighted by Crippen LogP contribution is 2.41. The Balaban J connectivity index is 1.13. The molecule has 50 heavy (non-hydrogen) atoms. The first-order chi connectivity index (χ1) is 23.6. The third-order valence-corrected chi connectivity index (χ3v) is 9.69. The topological polar surface area (TPSA) is 155 Å². The lowest BCUT2D eigenvalue weighted by molar-refractivity contribution is -0.895. The number of amides is 3. The summed E-state index contributed by atoms with van der Waals surface area (Å²) in [6.45, 7) is 3.56. The predicted molar refractivity (Wildman–Crippen MR) is 180 cm³/mol. The molecule has 4 N–H and O–H groups in total. The number of likely N-dealkylation sites (tertiary alicyclic amines) is 1. The Hall–Kier alpha value is -4.96. The minimum absolute atomic E-state index is 0.0188. The first kappa shape index (κ1) is 34.9. The molecular formula is C33H37ClF3N10O3+. The minimum atomic E-state index is -4.80. The van der Waals surface area contributed by atoms with Crippen molar-refractivity contribution in [2.75, 3.05) is 64.4 Å². The number of nitrogens with one attached hydrogen (secondary N) is 2. The number of piperidine rings is 1. The zero-order valence-corrected chi connectivity index (χ0v) is 28.5. The van der Waals surface area contributed by atoms with Gasteiger partial charge < -0.3 is 29.9 Å². The molecule has 0 saturated carbocycles. The van der Waals surface area contributed by atoms with Crippen LogP contribution in [0.25, 0.3) is 22.6 Å². The zero-order valence-electron chi connectivity index (χ0n) is 27.7. The standard InChI is InChI=1S/C33H36ClF3N10O3/c1-44-25(26-27(24-7-4-20(38)17-39-24)42-43-28(26)33(35,36)37)18-40-29(44)30(48)41-21-5-6-22(23(34)16-21)32(50)46-12-10-45(11-13-46)31(49)19-8-14-47(2,3)15-9-19/h4-7,16-19H,8-15H2,1-3H3,(H3-,38,39,40,41,42,43,48,50)/p+1. The minimum Gasteiger partial charge on any atom is -0.397 e. The summed E-state index contributed by atoms with van der Waals surface area (Å²) in [5, 5.41) is 8.66. The number of carbonyl (C=O) groups excluding carboxylic acids is 3. The number of rotatable bonds is 6. The number of imidazole rings is 1. The molecule has 0 bridgehead atoms. The van der Waals surface area contributed by atoms with Crippen LogP contribution in [0.2, 0.25) is 5.02 Å². The zero-order chi connectivity index (χ0) is 36.0. The molecule has 2 fully saturated rings. The van der Waals surface area contributed by atoms with E-state index in [1.807, 2.05) is 10.00 Å². The van der Waals surface area contributed by atoms with Crippen LogP contribution < -0.4 is 11.1 Å². The highest BCUT2D eigenvalue weighted by atomic mass is 35.5. The van der Waals surface area contributed by atoms with E-state index < -0.39 is 17.8 Å². The van der Waals surface area contributed by atoms with E-state index in [4.69, 9.17) is 17.3 Å². The molecule has 6 rings (SSSR count). The number of alkyl halides is 3. The first-order valence-electron chi connectivity index (χ1n) is 16.0. The number of benzene rings is 1. The van der Waals surface area contributed by atoms with Crippen LogP contribution in [0.4, 0.5) is 24.5 Å². The van der Waals surface area contributed by atoms with Crippen molar-refractivity contribution in [3.8, 4) is 22.6 Å². The van der Waals surface area contributed by atoms with Crippen molar-refractivity contribution in [1.82, 2.24) is 34.5 Å². The summed E-state index contributed by atoms with van der Waals surface area (Å²) in [5.74, 6) is -1.04. The van der Waals surface area contributed by atoms with E-state index in [0.717, 1.165) is 36.6 Å². The molecule has 3 aromatic heterocycles. The van der Waals surface area contributed by atoms with Gasteiger partial charge in [0, 0.05) is 57.7 Å². The number of aromatic nitrogens is 5. The number of hydrogen-bond donors (Lipinski definition) is 3. The molecule has 0 unspecified atom stereocenters. The molecule has 2 aliphatic heterocycles. The number of pyridine rings is 1. The van der Waals surface area contributed by atoms with E-state index in [0.29, 0.717) is 31.9 Å². The number of piperazine rings is 1. The smallest absolute Gasteiger partial charge is 0.397 e. The largest absolute Gasteiger partial charge is 0.433 e. The summed E-state index contributed by atoms with van der Waals surface area (Å²) in [6, 6.07) is 7.35. The lowest BCUT2D eigenvalue weighted by Gasteiger charge is -2.40. The van der Waals surface area contributed by atoms with Crippen LogP contribution in [0.1, 0.15) is 39.5 Å². The van der Waals surface area contributed by atoms with Crippen LogP contribution in [0.5, 0.6) is 0 Å². The Morgan fingerprint density at radius 1 is 1.00 bits per heavy atom. The highest BCUT2D eigenvalue weighted by molar-refractivity contribution is 6.34. The lowest BCUT2D eigenvalue weighted by atomic mass is 9.94. The Morgan fingerprint density at radius 2 is 1.68 bits per heavy atom. The van der Waals surface area contributed by atoms with Gasteiger partial charge in [-0.1, -0.05) is 11.6 Å². The van der Waals surface area contributed by atoms with Crippen LogP contribution >= 0.6 is 11.6 Å². The maximum atomic E-state index is 14.0. The summed E-state index contributed by atoms with van der Waals surface area (Å²) < 4.78 is 44.2. The Bertz CT molecular complexity index is 1920. The lowest BCUT2D eigenvalue weighted by Crippen LogP contribution is -2.54. The van der Waals surface area contributed by atoms with Gasteiger partial charge in [0.1, 0.15) is 11.4 Å². The number of quaternary nitrogens is 1. The van der Waals surface area contributed by atoms with Crippen molar-refractivity contribution < 1.29 is 32.0 Å². The number of hydrogen-bond acceptors (Lipinski definition) is 7. The van der Waals surface area contributed by atoms with Gasteiger partial charge in [0.25, 0.3) is 11.8 Å². The van der Waals surface area contributed by atoms with Crippen LogP contribution in [0.15, 0.2) is 42.7 Å². The van der Waals surface area contributed by atoms with Crippen LogP contribution in [-0.2, 0) is 18.0 Å². The Kier molecular flexibility index (Phi) is 9.35. The average molecular weight is 714 g/mol. The van der Waals surface area contributed by atoms with Crippen LogP contribution in [-0.4, -0.2) is 110 Å². The van der Waals surface area contributed by atoms with E-state index in [2.05, 4.69) is 34.5 Å². The predicted octanol–water partition coefficient (Wildman–Crippen LogP) is 4.15. The van der Waals surface area contributed by atoms with Gasteiger partial charge in [-0.3, -0.25) is 24.5 Å². The third kappa shape index (κ3) is 7.03. The summed E-state index contributed by atoms with van der Waals surface area (Å²) in [6.07, 6.45) is -0.635. The monoisotopic (exact) mass is 713 g/mol. The van der Waals surface area contributed by atoms with Gasteiger partial charge in [0.15, 0.2) is 5.82 Å². The normalized spacial score (nSPS) is 16.8. The van der Waals surface area contributed by atoms with Gasteiger partial charge in [0.2, 0.25) is 5.91 Å². The summed E-state index contributed by atoms with van der Waals surface area (Å²) in [4.78, 5) is 51.5. The third-order valence-electron chi connectivity index (χ3n) is 9.38. The van der Waals surface area contributed by atoms with Crippen molar-refractivity contribution in [1.29, 1.82) is 0 Å². The number of nitrogens with two attached hydrogens (primary N) is 1. The number of nitrogens with zero attached hydrogens (tertiary/aromatic N) is 7. The van der Waals surface area contributed by atoms with E-state index >= 15 is 0 Å². The second kappa shape index (κ2) is 13.4. The quantitative estimate of drug-likeness (QED) is 0.254. The van der Waals surface area contributed by atoms with Gasteiger partial charge in [0.05, 0.1) is 72.8 Å². The SMILES string of the molecule is Cn1c(-c2c(-c3ccc(N)cn3)n[nH]c2C(F)(F)F)cnc1C(=O)Nc1ccc(C(=O)N2CCN(C(=O)C3CC[N+](C)(C)CC3)CC2)c(Cl)c1. The van der Waals surface area contributed by atoms with Crippen molar-refractivity contribution >= 4 is 40.7 Å². The molecule has 264 valence electrons. The van der Waals surface area contributed by atoms with Gasteiger partial charge in [-0.2, -0.15) is 18.3 Å². The van der Waals surface area contributed by atoms with Gasteiger partial charge in [-0.15, -0.1) is 0 Å². The van der Waals surface area contributed by atoms with Crippen molar-refractivity contribution in [2.45, 2.75) is 19.0 Å². The molecule has 0 radical (unpaired) electrons. The Labute approximate surface area is 290 Å². The van der Waals surface area contributed by atoms with Gasteiger partial charge in [-0.25, -0.2) is 4.98 Å². The molecule has 13 nitrogen and oxygen atoms in total. The molecule has 4 aromatic rings. The molecule has 0 aliphatic carbocycles. The van der Waals surface area contributed by atoms with Gasteiger partial charge in [-0.05, 0) is 30.3 Å². The number of H-pyrrole nitrogens is 1. The average Bonchev–Trinajstić information content (AvgIpc) is 3.68. The molecule has 5 heterocycles. The maximum Gasteiger partial charge on any atom is 0.433 e. The van der Waals surface area contributed by atoms with Gasteiger partial charge >= 0.3 is 6.18 Å².